The van der Waals surface area contributed by atoms with Gasteiger partial charge in [-0.3, -0.25) is 4.79 Å². The monoisotopic (exact) mass is 254 g/mol. The molecule has 2 rings (SSSR count). The summed E-state index contributed by atoms with van der Waals surface area (Å²) in [5.41, 5.74) is 0. The van der Waals surface area contributed by atoms with Gasteiger partial charge in [-0.1, -0.05) is 26.2 Å². The maximum absolute atomic E-state index is 12.6. The summed E-state index contributed by atoms with van der Waals surface area (Å²) in [5, 5.41) is 12.4. The molecule has 1 amide bonds. The molecule has 2 aliphatic rings. The number of hydrogen-bond donors (Lipinski definition) is 2. The fraction of sp³-hybridized carbons (Fsp3) is 0.929. The molecule has 0 radical (unpaired) electrons. The van der Waals surface area contributed by atoms with Crippen molar-refractivity contribution in [1.82, 2.24) is 10.2 Å². The van der Waals surface area contributed by atoms with Crippen LogP contribution in [0.2, 0.25) is 0 Å². The van der Waals surface area contributed by atoms with Gasteiger partial charge in [-0.05, 0) is 31.8 Å². The van der Waals surface area contributed by atoms with Gasteiger partial charge >= 0.3 is 0 Å². The minimum Gasteiger partial charge on any atom is -0.395 e. The lowest BCUT2D eigenvalue weighted by atomic mass is 9.86. The topological polar surface area (TPSA) is 52.6 Å². The number of carbonyl (C=O) groups is 1. The van der Waals surface area contributed by atoms with Gasteiger partial charge in [0.15, 0.2) is 0 Å². The molecule has 1 saturated carbocycles. The van der Waals surface area contributed by atoms with Crippen molar-refractivity contribution in [3.05, 3.63) is 0 Å². The van der Waals surface area contributed by atoms with Gasteiger partial charge in [0.25, 0.3) is 0 Å². The molecule has 1 aliphatic carbocycles. The Kier molecular flexibility index (Phi) is 5.01. The highest BCUT2D eigenvalue weighted by Crippen LogP contribution is 2.26. The van der Waals surface area contributed by atoms with Crippen LogP contribution in [-0.2, 0) is 4.79 Å². The first-order valence-electron chi connectivity index (χ1n) is 7.36. The standard InChI is InChI=1S/C14H26N2O2/c1-11(12-9-15-10-12)14(18)16(7-8-17)13-5-3-2-4-6-13/h11-13,15,17H,2-10H2,1H3. The minimum absolute atomic E-state index is 0.0812. The van der Waals surface area contributed by atoms with Crippen LogP contribution in [0.5, 0.6) is 0 Å². The van der Waals surface area contributed by atoms with Crippen LogP contribution in [-0.4, -0.2) is 48.2 Å². The molecule has 4 nitrogen and oxygen atoms in total. The second kappa shape index (κ2) is 6.53. The molecule has 0 aromatic carbocycles. The predicted molar refractivity (Wildman–Crippen MR) is 71.2 cm³/mol. The van der Waals surface area contributed by atoms with Gasteiger partial charge < -0.3 is 15.3 Å². The number of aliphatic hydroxyl groups is 1. The molecule has 0 aromatic rings. The fourth-order valence-corrected chi connectivity index (χ4v) is 3.10. The Morgan fingerprint density at radius 1 is 1.33 bits per heavy atom. The number of nitrogens with one attached hydrogen (secondary N) is 1. The molecule has 1 saturated heterocycles. The Morgan fingerprint density at radius 2 is 2.00 bits per heavy atom. The van der Waals surface area contributed by atoms with Crippen LogP contribution in [0, 0.1) is 11.8 Å². The van der Waals surface area contributed by atoms with E-state index in [1.54, 1.807) is 0 Å². The largest absolute Gasteiger partial charge is 0.395 e. The highest BCUT2D eigenvalue weighted by atomic mass is 16.3. The molecule has 104 valence electrons. The smallest absolute Gasteiger partial charge is 0.226 e. The van der Waals surface area contributed by atoms with Crippen LogP contribution >= 0.6 is 0 Å². The van der Waals surface area contributed by atoms with Crippen LogP contribution in [0.3, 0.4) is 0 Å². The fourth-order valence-electron chi connectivity index (χ4n) is 3.10. The molecule has 0 aromatic heterocycles. The first-order chi connectivity index (χ1) is 8.74. The second-order valence-electron chi connectivity index (χ2n) is 5.75. The third-order valence-electron chi connectivity index (χ3n) is 4.55. The molecule has 0 bridgehead atoms. The summed E-state index contributed by atoms with van der Waals surface area (Å²) in [6.45, 7) is 4.56. The second-order valence-corrected chi connectivity index (χ2v) is 5.75. The summed E-state index contributed by atoms with van der Waals surface area (Å²) in [4.78, 5) is 14.5. The van der Waals surface area contributed by atoms with Crippen molar-refractivity contribution in [3.63, 3.8) is 0 Å². The predicted octanol–water partition coefficient (Wildman–Crippen LogP) is 0.995. The molecular weight excluding hydrogens is 228 g/mol. The van der Waals surface area contributed by atoms with E-state index in [4.69, 9.17) is 0 Å². The van der Waals surface area contributed by atoms with Gasteiger partial charge in [0.2, 0.25) is 5.91 Å². The highest BCUT2D eigenvalue weighted by Gasteiger charge is 2.34. The van der Waals surface area contributed by atoms with E-state index in [1.807, 2.05) is 11.8 Å². The summed E-state index contributed by atoms with van der Waals surface area (Å²) >= 11 is 0. The number of amides is 1. The van der Waals surface area contributed by atoms with Crippen molar-refractivity contribution in [2.45, 2.75) is 45.1 Å². The zero-order valence-electron chi connectivity index (χ0n) is 11.4. The number of rotatable bonds is 5. The molecule has 0 spiro atoms. The number of nitrogens with zero attached hydrogens (tertiary/aromatic N) is 1. The average Bonchev–Trinajstić information content (AvgIpc) is 2.34. The van der Waals surface area contributed by atoms with Crippen LogP contribution in [0.15, 0.2) is 0 Å². The highest BCUT2D eigenvalue weighted by molar-refractivity contribution is 5.79. The van der Waals surface area contributed by atoms with Crippen molar-refractivity contribution < 1.29 is 9.90 Å². The summed E-state index contributed by atoms with van der Waals surface area (Å²) in [5.74, 6) is 0.837. The quantitative estimate of drug-likeness (QED) is 0.769. The van der Waals surface area contributed by atoms with Gasteiger partial charge in [0, 0.05) is 18.5 Å². The van der Waals surface area contributed by atoms with E-state index >= 15 is 0 Å². The lowest BCUT2D eigenvalue weighted by Crippen LogP contribution is -2.53. The number of hydrogen-bond acceptors (Lipinski definition) is 3. The van der Waals surface area contributed by atoms with Gasteiger partial charge in [0.1, 0.15) is 0 Å². The molecule has 2 N–H and O–H groups in total. The number of aliphatic hydroxyl groups excluding tert-OH is 1. The Hall–Kier alpha value is -0.610. The maximum Gasteiger partial charge on any atom is 0.226 e. The SMILES string of the molecule is CC(C(=O)N(CCO)C1CCCCC1)C1CNC1. The van der Waals surface area contributed by atoms with Crippen molar-refractivity contribution >= 4 is 5.91 Å². The maximum atomic E-state index is 12.6. The lowest BCUT2D eigenvalue weighted by Gasteiger charge is -2.39. The lowest BCUT2D eigenvalue weighted by molar-refractivity contribution is -0.141. The summed E-state index contributed by atoms with van der Waals surface area (Å²) in [6.07, 6.45) is 5.96. The van der Waals surface area contributed by atoms with Gasteiger partial charge in [0.05, 0.1) is 6.61 Å². The van der Waals surface area contributed by atoms with E-state index in [2.05, 4.69) is 5.32 Å². The minimum atomic E-state index is 0.0812. The van der Waals surface area contributed by atoms with E-state index in [0.717, 1.165) is 25.9 Å². The molecular formula is C14H26N2O2. The number of carbonyl (C=O) groups excluding carboxylic acids is 1. The van der Waals surface area contributed by atoms with Crippen LogP contribution in [0.25, 0.3) is 0 Å². The van der Waals surface area contributed by atoms with E-state index in [9.17, 15) is 9.90 Å². The van der Waals surface area contributed by atoms with Crippen molar-refractivity contribution in [2.24, 2.45) is 11.8 Å². The Bertz CT molecular complexity index is 273. The third-order valence-corrected chi connectivity index (χ3v) is 4.55. The molecule has 4 heteroatoms. The summed E-state index contributed by atoms with van der Waals surface area (Å²) < 4.78 is 0. The van der Waals surface area contributed by atoms with Crippen molar-refractivity contribution in [2.75, 3.05) is 26.2 Å². The molecule has 1 heterocycles. The van der Waals surface area contributed by atoms with E-state index in [0.29, 0.717) is 18.5 Å². The van der Waals surface area contributed by atoms with E-state index < -0.39 is 0 Å². The van der Waals surface area contributed by atoms with Crippen molar-refractivity contribution in [3.8, 4) is 0 Å². The van der Waals surface area contributed by atoms with Crippen LogP contribution < -0.4 is 5.32 Å². The summed E-state index contributed by atoms with van der Waals surface area (Å²) in [7, 11) is 0. The third kappa shape index (κ3) is 3.04. The normalized spacial score (nSPS) is 23.4. The first-order valence-corrected chi connectivity index (χ1v) is 7.36. The molecule has 1 aliphatic heterocycles. The van der Waals surface area contributed by atoms with Gasteiger partial charge in [-0.25, -0.2) is 0 Å². The zero-order valence-corrected chi connectivity index (χ0v) is 11.4. The zero-order chi connectivity index (χ0) is 13.0. The first kappa shape index (κ1) is 13.8. The van der Waals surface area contributed by atoms with Crippen LogP contribution in [0.1, 0.15) is 39.0 Å². The van der Waals surface area contributed by atoms with Gasteiger partial charge in [-0.15, -0.1) is 0 Å². The Labute approximate surface area is 110 Å². The average molecular weight is 254 g/mol. The Morgan fingerprint density at radius 3 is 2.50 bits per heavy atom. The van der Waals surface area contributed by atoms with Gasteiger partial charge in [-0.2, -0.15) is 0 Å². The van der Waals surface area contributed by atoms with Crippen molar-refractivity contribution in [1.29, 1.82) is 0 Å². The molecule has 1 unspecified atom stereocenters. The molecule has 2 fully saturated rings. The van der Waals surface area contributed by atoms with E-state index in [-0.39, 0.29) is 18.4 Å². The van der Waals surface area contributed by atoms with E-state index in [1.165, 1.54) is 19.3 Å². The summed E-state index contributed by atoms with van der Waals surface area (Å²) in [6, 6.07) is 0.369. The van der Waals surface area contributed by atoms with Crippen LogP contribution in [0.4, 0.5) is 0 Å². The molecule has 1 atom stereocenters. The molecule has 18 heavy (non-hydrogen) atoms. The Balaban J connectivity index is 1.96.